The van der Waals surface area contributed by atoms with Gasteiger partial charge in [-0.1, -0.05) is 38.5 Å². The molecule has 0 aliphatic heterocycles. The summed E-state index contributed by atoms with van der Waals surface area (Å²) < 4.78 is 4.58. The van der Waals surface area contributed by atoms with Crippen molar-refractivity contribution in [2.75, 3.05) is 0 Å². The van der Waals surface area contributed by atoms with Crippen molar-refractivity contribution in [3.05, 3.63) is 59.8 Å². The SMILES string of the molecule is Br.Br.c1cn(CCCCn2ccc(=NC3CCCCC3)cc2)ccc1=NC1CCCCC1. The molecule has 2 aliphatic carbocycles. The molecule has 0 unspecified atom stereocenters. The number of halogens is 2. The lowest BCUT2D eigenvalue weighted by Crippen LogP contribution is -2.15. The second-order valence-corrected chi connectivity index (χ2v) is 9.14. The van der Waals surface area contributed by atoms with Crippen LogP contribution in [-0.4, -0.2) is 21.2 Å². The van der Waals surface area contributed by atoms with Gasteiger partial charge in [0.2, 0.25) is 0 Å². The summed E-state index contributed by atoms with van der Waals surface area (Å²) in [6, 6.07) is 9.81. The molecule has 2 heterocycles. The maximum Gasteiger partial charge on any atom is 0.0606 e. The Balaban J connectivity index is 0.00000181. The molecular formula is C26H40Br2N4. The minimum absolute atomic E-state index is 0. The molecule has 4 nitrogen and oxygen atoms in total. The quantitative estimate of drug-likeness (QED) is 0.347. The van der Waals surface area contributed by atoms with Crippen molar-refractivity contribution in [3.63, 3.8) is 0 Å². The summed E-state index contributed by atoms with van der Waals surface area (Å²) in [5.41, 5.74) is 0. The summed E-state index contributed by atoms with van der Waals surface area (Å²) in [7, 11) is 0. The van der Waals surface area contributed by atoms with Gasteiger partial charge in [-0.25, -0.2) is 0 Å². The lowest BCUT2D eigenvalue weighted by atomic mass is 9.96. The summed E-state index contributed by atoms with van der Waals surface area (Å²) in [5.74, 6) is 0. The highest BCUT2D eigenvalue weighted by molar-refractivity contribution is 8.93. The van der Waals surface area contributed by atoms with Crippen LogP contribution in [0.2, 0.25) is 0 Å². The van der Waals surface area contributed by atoms with Crippen LogP contribution in [0.15, 0.2) is 59.0 Å². The Bertz CT molecular complexity index is 790. The summed E-state index contributed by atoms with van der Waals surface area (Å²) >= 11 is 0. The Morgan fingerprint density at radius 1 is 0.562 bits per heavy atom. The summed E-state index contributed by atoms with van der Waals surface area (Å²) in [5, 5.41) is 2.29. The van der Waals surface area contributed by atoms with Crippen LogP contribution in [0.25, 0.3) is 0 Å². The first-order chi connectivity index (χ1) is 14.8. The molecule has 0 N–H and O–H groups in total. The average Bonchev–Trinajstić information content (AvgIpc) is 2.80. The molecule has 32 heavy (non-hydrogen) atoms. The highest BCUT2D eigenvalue weighted by Crippen LogP contribution is 2.20. The number of nitrogens with zero attached hydrogens (tertiary/aromatic N) is 4. The average molecular weight is 568 g/mol. The topological polar surface area (TPSA) is 34.6 Å². The van der Waals surface area contributed by atoms with Gasteiger partial charge >= 0.3 is 0 Å². The third-order valence-electron chi connectivity index (χ3n) is 6.64. The molecule has 0 aromatic carbocycles. The summed E-state index contributed by atoms with van der Waals surface area (Å²) in [4.78, 5) is 9.83. The van der Waals surface area contributed by atoms with Crippen LogP contribution in [0.3, 0.4) is 0 Å². The van der Waals surface area contributed by atoms with E-state index in [0.29, 0.717) is 12.1 Å². The summed E-state index contributed by atoms with van der Waals surface area (Å²) in [6.07, 6.45) is 24.4. The van der Waals surface area contributed by atoms with E-state index in [1.165, 1.54) is 77.0 Å². The lowest BCUT2D eigenvalue weighted by molar-refractivity contribution is 0.437. The molecule has 0 amide bonds. The molecule has 2 fully saturated rings. The van der Waals surface area contributed by atoms with Gasteiger partial charge in [-0.2, -0.15) is 0 Å². The number of unbranched alkanes of at least 4 members (excludes halogenated alkanes) is 1. The molecule has 2 aromatic heterocycles. The minimum atomic E-state index is 0. The van der Waals surface area contributed by atoms with Gasteiger partial charge in [0.1, 0.15) is 0 Å². The van der Waals surface area contributed by atoms with Gasteiger partial charge in [-0.15, -0.1) is 34.0 Å². The van der Waals surface area contributed by atoms with Gasteiger partial charge in [0.15, 0.2) is 0 Å². The van der Waals surface area contributed by atoms with E-state index in [1.807, 2.05) is 0 Å². The van der Waals surface area contributed by atoms with E-state index in [9.17, 15) is 0 Å². The number of aromatic nitrogens is 2. The van der Waals surface area contributed by atoms with Gasteiger partial charge in [0, 0.05) is 37.9 Å². The molecule has 0 spiro atoms. The number of hydrogen-bond acceptors (Lipinski definition) is 2. The van der Waals surface area contributed by atoms with Gasteiger partial charge < -0.3 is 9.13 Å². The molecule has 0 bridgehead atoms. The maximum absolute atomic E-state index is 4.91. The Kier molecular flexibility index (Phi) is 12.6. The number of hydrogen-bond donors (Lipinski definition) is 0. The fourth-order valence-corrected chi connectivity index (χ4v) is 4.80. The van der Waals surface area contributed by atoms with Crippen molar-refractivity contribution < 1.29 is 0 Å². The van der Waals surface area contributed by atoms with Crippen molar-refractivity contribution >= 4 is 34.0 Å². The first-order valence-electron chi connectivity index (χ1n) is 12.2. The standard InChI is InChI=1S/C26H38N4.2BrH/c1-3-9-23(10-4-1)27-25-13-19-29(20-14-25)17-7-8-18-30-21-15-26(16-22-30)28-24-11-5-2-6-12-24;;/h13-16,19-24H,1-12,17-18H2;2*1H. The zero-order valence-electron chi connectivity index (χ0n) is 19.3. The van der Waals surface area contributed by atoms with Crippen LogP contribution in [0.1, 0.15) is 77.0 Å². The van der Waals surface area contributed by atoms with Crippen molar-refractivity contribution in [3.8, 4) is 0 Å². The van der Waals surface area contributed by atoms with Crippen molar-refractivity contribution in [1.29, 1.82) is 0 Å². The monoisotopic (exact) mass is 566 g/mol. The Labute approximate surface area is 214 Å². The van der Waals surface area contributed by atoms with Crippen LogP contribution in [-0.2, 0) is 13.1 Å². The predicted molar refractivity (Wildman–Crippen MR) is 144 cm³/mol. The Hall–Kier alpha value is -1.14. The van der Waals surface area contributed by atoms with E-state index in [0.717, 1.165) is 23.8 Å². The molecule has 6 heteroatoms. The highest BCUT2D eigenvalue weighted by Gasteiger charge is 2.11. The zero-order chi connectivity index (χ0) is 20.4. The van der Waals surface area contributed by atoms with Gasteiger partial charge in [-0.3, -0.25) is 9.98 Å². The van der Waals surface area contributed by atoms with Crippen LogP contribution < -0.4 is 10.7 Å². The summed E-state index contributed by atoms with van der Waals surface area (Å²) in [6.45, 7) is 2.14. The number of rotatable bonds is 7. The normalized spacial score (nSPS) is 17.1. The van der Waals surface area contributed by atoms with E-state index >= 15 is 0 Å². The molecule has 2 aromatic rings. The molecule has 4 rings (SSSR count). The zero-order valence-corrected chi connectivity index (χ0v) is 22.7. The maximum atomic E-state index is 4.91. The first-order valence-corrected chi connectivity index (χ1v) is 12.2. The van der Waals surface area contributed by atoms with E-state index in [1.54, 1.807) is 0 Å². The van der Waals surface area contributed by atoms with Crippen LogP contribution >= 0.6 is 34.0 Å². The second kappa shape index (κ2) is 14.9. The molecule has 2 aliphatic rings. The van der Waals surface area contributed by atoms with Crippen LogP contribution in [0.5, 0.6) is 0 Å². The third-order valence-corrected chi connectivity index (χ3v) is 6.64. The largest absolute Gasteiger partial charge is 0.354 e. The van der Waals surface area contributed by atoms with Gasteiger partial charge in [0.25, 0.3) is 0 Å². The van der Waals surface area contributed by atoms with Crippen LogP contribution in [0.4, 0.5) is 0 Å². The number of pyridine rings is 2. The highest BCUT2D eigenvalue weighted by atomic mass is 79.9. The van der Waals surface area contributed by atoms with E-state index in [4.69, 9.17) is 9.98 Å². The smallest absolute Gasteiger partial charge is 0.0606 e. The minimum Gasteiger partial charge on any atom is -0.354 e. The van der Waals surface area contributed by atoms with Crippen molar-refractivity contribution in [1.82, 2.24) is 9.13 Å². The van der Waals surface area contributed by atoms with Gasteiger partial charge in [-0.05, 0) is 62.8 Å². The molecule has 2 saturated carbocycles. The van der Waals surface area contributed by atoms with Crippen molar-refractivity contribution in [2.45, 2.75) is 102 Å². The predicted octanol–water partition coefficient (Wildman–Crippen LogP) is 6.39. The first kappa shape index (κ1) is 27.1. The fraction of sp³-hybridized carbons (Fsp3) is 0.615. The third kappa shape index (κ3) is 9.01. The second-order valence-electron chi connectivity index (χ2n) is 9.14. The molecule has 0 saturated heterocycles. The molecular weight excluding hydrogens is 528 g/mol. The van der Waals surface area contributed by atoms with Crippen LogP contribution in [0, 0.1) is 0 Å². The lowest BCUT2D eigenvalue weighted by Gasteiger charge is -2.17. The van der Waals surface area contributed by atoms with E-state index in [-0.39, 0.29) is 34.0 Å². The molecule has 0 radical (unpaired) electrons. The fourth-order valence-electron chi connectivity index (χ4n) is 4.80. The van der Waals surface area contributed by atoms with E-state index < -0.39 is 0 Å². The Morgan fingerprint density at radius 2 is 0.906 bits per heavy atom. The Morgan fingerprint density at radius 3 is 1.25 bits per heavy atom. The number of aryl methyl sites for hydroxylation is 2. The van der Waals surface area contributed by atoms with E-state index in [2.05, 4.69) is 58.2 Å². The molecule has 0 atom stereocenters. The van der Waals surface area contributed by atoms with Crippen molar-refractivity contribution in [2.24, 2.45) is 9.98 Å². The molecule has 178 valence electrons. The van der Waals surface area contributed by atoms with Gasteiger partial charge in [0.05, 0.1) is 22.8 Å².